The summed E-state index contributed by atoms with van der Waals surface area (Å²) in [5.41, 5.74) is 1.89. The molecule has 0 N–H and O–H groups in total. The molecule has 0 spiro atoms. The molecule has 2 aromatic heterocycles. The van der Waals surface area contributed by atoms with E-state index in [-0.39, 0.29) is 5.97 Å². The number of aryl methyl sites for hydroxylation is 1. The first-order valence-electron chi connectivity index (χ1n) is 4.68. The molecule has 82 valence electrons. The zero-order valence-electron chi connectivity index (χ0n) is 8.93. The number of pyridine rings is 1. The zero-order valence-corrected chi connectivity index (χ0v) is 9.75. The van der Waals surface area contributed by atoms with E-state index in [0.29, 0.717) is 4.88 Å². The number of rotatable bonds is 2. The van der Waals surface area contributed by atoms with Gasteiger partial charge in [-0.15, -0.1) is 11.3 Å². The highest BCUT2D eigenvalue weighted by atomic mass is 32.1. The minimum Gasteiger partial charge on any atom is -0.465 e. The number of carbonyl (C=O) groups is 1. The van der Waals surface area contributed by atoms with Crippen LogP contribution in [-0.4, -0.2) is 23.0 Å². The molecule has 4 nitrogen and oxygen atoms in total. The number of aromatic nitrogens is 2. The van der Waals surface area contributed by atoms with Crippen molar-refractivity contribution in [3.05, 3.63) is 35.0 Å². The van der Waals surface area contributed by atoms with Gasteiger partial charge in [0.2, 0.25) is 0 Å². The van der Waals surface area contributed by atoms with Gasteiger partial charge in [0.15, 0.2) is 0 Å². The first-order valence-corrected chi connectivity index (χ1v) is 5.49. The van der Waals surface area contributed by atoms with Crippen molar-refractivity contribution in [3.8, 4) is 10.7 Å². The minimum absolute atomic E-state index is 0.364. The molecule has 2 aromatic rings. The summed E-state index contributed by atoms with van der Waals surface area (Å²) in [4.78, 5) is 20.1. The summed E-state index contributed by atoms with van der Waals surface area (Å²) >= 11 is 1.28. The highest BCUT2D eigenvalue weighted by Crippen LogP contribution is 2.24. The molecule has 0 atom stereocenters. The lowest BCUT2D eigenvalue weighted by atomic mass is 10.2. The predicted octanol–water partition coefficient (Wildman–Crippen LogP) is 2.30. The highest BCUT2D eigenvalue weighted by molar-refractivity contribution is 7.16. The van der Waals surface area contributed by atoms with E-state index in [4.69, 9.17) is 0 Å². The third-order valence-corrected chi connectivity index (χ3v) is 3.03. The van der Waals surface area contributed by atoms with Crippen LogP contribution < -0.4 is 0 Å². The minimum atomic E-state index is -0.364. The normalized spacial score (nSPS) is 10.1. The van der Waals surface area contributed by atoms with Crippen molar-refractivity contribution in [2.45, 2.75) is 6.92 Å². The van der Waals surface area contributed by atoms with Crippen LogP contribution in [0.2, 0.25) is 0 Å². The Balaban J connectivity index is 2.35. The number of nitrogens with zero attached hydrogens (tertiary/aromatic N) is 2. The third kappa shape index (κ3) is 2.09. The molecule has 0 radical (unpaired) electrons. The fourth-order valence-electron chi connectivity index (χ4n) is 1.24. The van der Waals surface area contributed by atoms with Gasteiger partial charge in [-0.1, -0.05) is 0 Å². The summed E-state index contributed by atoms with van der Waals surface area (Å²) in [7, 11) is 1.35. The van der Waals surface area contributed by atoms with Crippen molar-refractivity contribution in [2.75, 3.05) is 7.11 Å². The van der Waals surface area contributed by atoms with Gasteiger partial charge in [0.05, 0.1) is 19.0 Å². The van der Waals surface area contributed by atoms with Crippen LogP contribution >= 0.6 is 11.3 Å². The van der Waals surface area contributed by atoms with Crippen molar-refractivity contribution >= 4 is 17.3 Å². The summed E-state index contributed by atoms with van der Waals surface area (Å²) in [6, 6.07) is 3.85. The van der Waals surface area contributed by atoms with E-state index < -0.39 is 0 Å². The van der Waals surface area contributed by atoms with Crippen LogP contribution in [0, 0.1) is 6.92 Å². The van der Waals surface area contributed by atoms with E-state index in [1.807, 2.05) is 19.1 Å². The Hall–Kier alpha value is -1.75. The fraction of sp³-hybridized carbons (Fsp3) is 0.182. The average molecular weight is 234 g/mol. The lowest BCUT2D eigenvalue weighted by Crippen LogP contribution is -1.96. The van der Waals surface area contributed by atoms with E-state index in [1.165, 1.54) is 24.6 Å². The van der Waals surface area contributed by atoms with E-state index in [9.17, 15) is 4.79 Å². The van der Waals surface area contributed by atoms with Crippen LogP contribution in [0.25, 0.3) is 10.7 Å². The standard InChI is InChI=1S/C11H10N2O2S/c1-7-3-4-12-8(5-7)10-13-6-9(16-10)11(14)15-2/h3-6H,1-2H3. The second-order valence-electron chi connectivity index (χ2n) is 3.24. The molecule has 0 fully saturated rings. The van der Waals surface area contributed by atoms with Crippen molar-refractivity contribution < 1.29 is 9.53 Å². The number of thiazole rings is 1. The molecule has 16 heavy (non-hydrogen) atoms. The Morgan fingerprint density at radius 3 is 2.94 bits per heavy atom. The third-order valence-electron chi connectivity index (χ3n) is 2.03. The molecule has 2 heterocycles. The van der Waals surface area contributed by atoms with Gasteiger partial charge in [0.25, 0.3) is 0 Å². The van der Waals surface area contributed by atoms with E-state index in [1.54, 1.807) is 6.20 Å². The number of methoxy groups -OCH3 is 1. The maximum absolute atomic E-state index is 11.3. The number of hydrogen-bond acceptors (Lipinski definition) is 5. The lowest BCUT2D eigenvalue weighted by molar-refractivity contribution is 0.0606. The Labute approximate surface area is 96.9 Å². The molecule has 0 aromatic carbocycles. The molecular weight excluding hydrogens is 224 g/mol. The van der Waals surface area contributed by atoms with Gasteiger partial charge in [0.1, 0.15) is 9.88 Å². The number of ether oxygens (including phenoxy) is 1. The predicted molar refractivity (Wildman–Crippen MR) is 61.4 cm³/mol. The Kier molecular flexibility index (Phi) is 2.96. The molecule has 2 rings (SSSR count). The molecule has 0 unspecified atom stereocenters. The summed E-state index contributed by atoms with van der Waals surface area (Å²) in [6.45, 7) is 1.99. The average Bonchev–Trinajstić information content (AvgIpc) is 2.77. The van der Waals surface area contributed by atoms with Gasteiger partial charge < -0.3 is 4.74 Å². The molecule has 0 aliphatic heterocycles. The summed E-state index contributed by atoms with van der Waals surface area (Å²) in [5.74, 6) is -0.364. The number of esters is 1. The second-order valence-corrected chi connectivity index (χ2v) is 4.27. The largest absolute Gasteiger partial charge is 0.465 e. The van der Waals surface area contributed by atoms with Gasteiger partial charge in [0, 0.05) is 6.20 Å². The first kappa shape index (κ1) is 10.8. The van der Waals surface area contributed by atoms with E-state index in [0.717, 1.165) is 16.3 Å². The van der Waals surface area contributed by atoms with Crippen molar-refractivity contribution in [2.24, 2.45) is 0 Å². The Morgan fingerprint density at radius 1 is 1.44 bits per heavy atom. The lowest BCUT2D eigenvalue weighted by Gasteiger charge is -1.96. The van der Waals surface area contributed by atoms with Crippen molar-refractivity contribution in [3.63, 3.8) is 0 Å². The molecule has 0 bridgehead atoms. The van der Waals surface area contributed by atoms with Crippen LogP contribution in [-0.2, 0) is 4.74 Å². The first-order chi connectivity index (χ1) is 7.70. The topological polar surface area (TPSA) is 52.1 Å². The van der Waals surface area contributed by atoms with Crippen molar-refractivity contribution in [1.29, 1.82) is 0 Å². The maximum Gasteiger partial charge on any atom is 0.349 e. The van der Waals surface area contributed by atoms with Crippen LogP contribution in [0.1, 0.15) is 15.2 Å². The van der Waals surface area contributed by atoms with Gasteiger partial charge in [-0.25, -0.2) is 9.78 Å². The molecule has 0 saturated carbocycles. The summed E-state index contributed by atoms with van der Waals surface area (Å²) in [5, 5.41) is 0.726. The van der Waals surface area contributed by atoms with Gasteiger partial charge >= 0.3 is 5.97 Å². The molecule has 0 aliphatic carbocycles. The summed E-state index contributed by atoms with van der Waals surface area (Å²) in [6.07, 6.45) is 3.24. The van der Waals surface area contributed by atoms with Crippen molar-refractivity contribution in [1.82, 2.24) is 9.97 Å². The maximum atomic E-state index is 11.3. The van der Waals surface area contributed by atoms with E-state index in [2.05, 4.69) is 14.7 Å². The Bertz CT molecular complexity index is 522. The van der Waals surface area contributed by atoms with Gasteiger partial charge in [-0.05, 0) is 24.6 Å². The van der Waals surface area contributed by atoms with Crippen LogP contribution in [0.15, 0.2) is 24.5 Å². The highest BCUT2D eigenvalue weighted by Gasteiger charge is 2.12. The number of carbonyl (C=O) groups excluding carboxylic acids is 1. The monoisotopic (exact) mass is 234 g/mol. The zero-order chi connectivity index (χ0) is 11.5. The quantitative estimate of drug-likeness (QED) is 0.748. The Morgan fingerprint density at radius 2 is 2.25 bits per heavy atom. The molecule has 0 saturated heterocycles. The molecular formula is C11H10N2O2S. The van der Waals surface area contributed by atoms with Gasteiger partial charge in [-0.2, -0.15) is 0 Å². The van der Waals surface area contributed by atoms with E-state index >= 15 is 0 Å². The second kappa shape index (κ2) is 4.40. The number of hydrogen-bond donors (Lipinski definition) is 0. The van der Waals surface area contributed by atoms with Crippen LogP contribution in [0.4, 0.5) is 0 Å². The van der Waals surface area contributed by atoms with Crippen LogP contribution in [0.3, 0.4) is 0 Å². The SMILES string of the molecule is COC(=O)c1cnc(-c2cc(C)ccn2)s1. The van der Waals surface area contributed by atoms with Crippen LogP contribution in [0.5, 0.6) is 0 Å². The molecule has 0 aliphatic rings. The molecule has 5 heteroatoms. The summed E-state index contributed by atoms with van der Waals surface area (Å²) < 4.78 is 4.62. The smallest absolute Gasteiger partial charge is 0.349 e. The fourth-order valence-corrected chi connectivity index (χ4v) is 2.04. The molecule has 0 amide bonds. The van der Waals surface area contributed by atoms with Gasteiger partial charge in [-0.3, -0.25) is 4.98 Å².